The molecule has 1 aliphatic carbocycles. The average molecular weight is 256 g/mol. The minimum atomic E-state index is 0.532. The van der Waals surface area contributed by atoms with Crippen molar-refractivity contribution >= 4 is 5.69 Å². The van der Waals surface area contributed by atoms with Crippen LogP contribution < -0.4 is 5.73 Å². The zero-order chi connectivity index (χ0) is 13.4. The first-order valence-corrected chi connectivity index (χ1v) is 6.95. The molecule has 2 aromatic rings. The van der Waals surface area contributed by atoms with Crippen LogP contribution in [0.15, 0.2) is 18.2 Å². The van der Waals surface area contributed by atoms with Gasteiger partial charge in [-0.25, -0.2) is 0 Å². The molecule has 0 spiro atoms. The fraction of sp³-hybridized carbons (Fsp3) is 0.467. The summed E-state index contributed by atoms with van der Waals surface area (Å²) in [7, 11) is 0. The highest BCUT2D eigenvalue weighted by molar-refractivity contribution is 5.74. The van der Waals surface area contributed by atoms with E-state index in [1.54, 1.807) is 0 Å². The Kier molecular flexibility index (Phi) is 3.01. The maximum Gasteiger partial charge on any atom is 0.166 e. The Labute approximate surface area is 113 Å². The van der Waals surface area contributed by atoms with Crippen LogP contribution in [0.2, 0.25) is 0 Å². The van der Waals surface area contributed by atoms with E-state index in [-0.39, 0.29) is 0 Å². The Morgan fingerprint density at radius 2 is 1.89 bits per heavy atom. The van der Waals surface area contributed by atoms with Crippen molar-refractivity contribution in [2.45, 2.75) is 45.6 Å². The number of para-hydroxylation sites is 1. The minimum Gasteiger partial charge on any atom is -0.398 e. The van der Waals surface area contributed by atoms with Gasteiger partial charge in [0.1, 0.15) is 5.82 Å². The highest BCUT2D eigenvalue weighted by Crippen LogP contribution is 2.35. The zero-order valence-corrected chi connectivity index (χ0v) is 11.6. The number of benzene rings is 1. The smallest absolute Gasteiger partial charge is 0.166 e. The predicted molar refractivity (Wildman–Crippen MR) is 76.8 cm³/mol. The molecular weight excluding hydrogens is 236 g/mol. The van der Waals surface area contributed by atoms with Crippen molar-refractivity contribution < 1.29 is 0 Å². The van der Waals surface area contributed by atoms with Gasteiger partial charge >= 0.3 is 0 Å². The number of nitrogen functional groups attached to an aromatic ring is 1. The van der Waals surface area contributed by atoms with Crippen LogP contribution >= 0.6 is 0 Å². The molecule has 1 heterocycles. The predicted octanol–water partition coefficient (Wildman–Crippen LogP) is 3.26. The Morgan fingerprint density at radius 3 is 2.63 bits per heavy atom. The van der Waals surface area contributed by atoms with Gasteiger partial charge in [0.05, 0.1) is 0 Å². The summed E-state index contributed by atoms with van der Waals surface area (Å²) >= 11 is 0. The van der Waals surface area contributed by atoms with Crippen LogP contribution in [0.4, 0.5) is 5.69 Å². The molecule has 1 saturated carbocycles. The molecule has 4 heteroatoms. The quantitative estimate of drug-likeness (QED) is 0.839. The Hall–Kier alpha value is -1.84. The van der Waals surface area contributed by atoms with Gasteiger partial charge in [-0.1, -0.05) is 25.0 Å². The molecule has 0 saturated heterocycles. The van der Waals surface area contributed by atoms with Crippen molar-refractivity contribution in [3.63, 3.8) is 0 Å². The second kappa shape index (κ2) is 4.68. The summed E-state index contributed by atoms with van der Waals surface area (Å²) in [6.07, 6.45) is 5.03. The van der Waals surface area contributed by atoms with E-state index in [1.807, 2.05) is 32.0 Å². The molecule has 0 radical (unpaired) electrons. The lowest BCUT2D eigenvalue weighted by atomic mass is 10.1. The first-order valence-electron chi connectivity index (χ1n) is 6.95. The van der Waals surface area contributed by atoms with Gasteiger partial charge in [0.2, 0.25) is 0 Å². The van der Waals surface area contributed by atoms with Gasteiger partial charge in [-0.2, -0.15) is 0 Å². The van der Waals surface area contributed by atoms with Crippen LogP contribution in [-0.4, -0.2) is 14.8 Å². The first-order chi connectivity index (χ1) is 9.18. The van der Waals surface area contributed by atoms with Crippen LogP contribution in [-0.2, 0) is 0 Å². The van der Waals surface area contributed by atoms with Crippen LogP contribution in [0, 0.1) is 13.8 Å². The SMILES string of the molecule is Cc1cccc(-c2nnc(C)n2C2CCCC2)c1N. The monoisotopic (exact) mass is 256 g/mol. The van der Waals surface area contributed by atoms with Gasteiger partial charge in [-0.05, 0) is 38.3 Å². The number of hydrogen-bond acceptors (Lipinski definition) is 3. The van der Waals surface area contributed by atoms with E-state index in [9.17, 15) is 0 Å². The normalized spacial score (nSPS) is 16.1. The molecule has 1 aromatic heterocycles. The summed E-state index contributed by atoms with van der Waals surface area (Å²) in [6.45, 7) is 4.06. The molecule has 1 aliphatic rings. The van der Waals surface area contributed by atoms with Crippen LogP contribution in [0.25, 0.3) is 11.4 Å². The Morgan fingerprint density at radius 1 is 1.16 bits per heavy atom. The standard InChI is InChI=1S/C15H20N4/c1-10-6-5-9-13(14(10)16)15-18-17-11(2)19(15)12-7-3-4-8-12/h5-6,9,12H,3-4,7-8,16H2,1-2H3. The summed E-state index contributed by atoms with van der Waals surface area (Å²) in [5.74, 6) is 1.91. The summed E-state index contributed by atoms with van der Waals surface area (Å²) in [5.41, 5.74) is 9.12. The van der Waals surface area contributed by atoms with Crippen molar-refractivity contribution in [2.75, 3.05) is 5.73 Å². The number of aromatic nitrogens is 3. The Bertz CT molecular complexity index is 594. The van der Waals surface area contributed by atoms with Gasteiger partial charge in [-0.15, -0.1) is 10.2 Å². The zero-order valence-electron chi connectivity index (χ0n) is 11.6. The summed E-state index contributed by atoms with van der Waals surface area (Å²) in [6, 6.07) is 6.63. The number of nitrogens with two attached hydrogens (primary N) is 1. The van der Waals surface area contributed by atoms with E-state index in [0.29, 0.717) is 6.04 Å². The molecule has 1 fully saturated rings. The van der Waals surface area contributed by atoms with Gasteiger partial charge in [0.25, 0.3) is 0 Å². The third kappa shape index (κ3) is 2.01. The van der Waals surface area contributed by atoms with Crippen molar-refractivity contribution in [3.05, 3.63) is 29.6 Å². The third-order valence-electron chi connectivity index (χ3n) is 4.12. The van der Waals surface area contributed by atoms with E-state index in [4.69, 9.17) is 5.73 Å². The molecule has 3 rings (SSSR count). The van der Waals surface area contributed by atoms with Crippen molar-refractivity contribution in [2.24, 2.45) is 0 Å². The lowest BCUT2D eigenvalue weighted by Gasteiger charge is -2.17. The minimum absolute atomic E-state index is 0.532. The second-order valence-corrected chi connectivity index (χ2v) is 5.42. The maximum absolute atomic E-state index is 6.21. The molecule has 2 N–H and O–H groups in total. The van der Waals surface area contributed by atoms with Crippen LogP contribution in [0.5, 0.6) is 0 Å². The highest BCUT2D eigenvalue weighted by Gasteiger charge is 2.23. The molecule has 0 atom stereocenters. The lowest BCUT2D eigenvalue weighted by Crippen LogP contribution is -2.09. The van der Waals surface area contributed by atoms with E-state index >= 15 is 0 Å². The molecule has 0 unspecified atom stereocenters. The number of aryl methyl sites for hydroxylation is 2. The van der Waals surface area contributed by atoms with Crippen molar-refractivity contribution in [3.8, 4) is 11.4 Å². The maximum atomic E-state index is 6.21. The van der Waals surface area contributed by atoms with E-state index < -0.39 is 0 Å². The molecule has 4 nitrogen and oxygen atoms in total. The molecule has 0 bridgehead atoms. The topological polar surface area (TPSA) is 56.7 Å². The first kappa shape index (κ1) is 12.2. The molecule has 0 aliphatic heterocycles. The number of anilines is 1. The molecular formula is C15H20N4. The van der Waals surface area contributed by atoms with Crippen molar-refractivity contribution in [1.82, 2.24) is 14.8 Å². The van der Waals surface area contributed by atoms with Crippen LogP contribution in [0.3, 0.4) is 0 Å². The summed E-state index contributed by atoms with van der Waals surface area (Å²) in [4.78, 5) is 0. The molecule has 0 amide bonds. The fourth-order valence-corrected chi connectivity index (χ4v) is 3.03. The highest BCUT2D eigenvalue weighted by atomic mass is 15.3. The largest absolute Gasteiger partial charge is 0.398 e. The van der Waals surface area contributed by atoms with E-state index in [1.165, 1.54) is 25.7 Å². The van der Waals surface area contributed by atoms with Gasteiger partial charge < -0.3 is 10.3 Å². The van der Waals surface area contributed by atoms with Gasteiger partial charge in [0, 0.05) is 17.3 Å². The number of nitrogens with zero attached hydrogens (tertiary/aromatic N) is 3. The lowest BCUT2D eigenvalue weighted by molar-refractivity contribution is 0.510. The molecule has 1 aromatic carbocycles. The molecule has 19 heavy (non-hydrogen) atoms. The molecule has 100 valence electrons. The number of hydrogen-bond donors (Lipinski definition) is 1. The van der Waals surface area contributed by atoms with E-state index in [0.717, 1.165) is 28.5 Å². The van der Waals surface area contributed by atoms with Gasteiger partial charge in [-0.3, -0.25) is 0 Å². The van der Waals surface area contributed by atoms with Crippen LogP contribution in [0.1, 0.15) is 43.1 Å². The van der Waals surface area contributed by atoms with E-state index in [2.05, 4.69) is 14.8 Å². The van der Waals surface area contributed by atoms with Crippen molar-refractivity contribution in [1.29, 1.82) is 0 Å². The average Bonchev–Trinajstić information content (AvgIpc) is 3.02. The second-order valence-electron chi connectivity index (χ2n) is 5.42. The fourth-order valence-electron chi connectivity index (χ4n) is 3.03. The Balaban J connectivity index is 2.12. The summed E-state index contributed by atoms with van der Waals surface area (Å²) < 4.78 is 2.28. The number of rotatable bonds is 2. The third-order valence-corrected chi connectivity index (χ3v) is 4.12. The van der Waals surface area contributed by atoms with Gasteiger partial charge in [0.15, 0.2) is 5.82 Å². The summed E-state index contributed by atoms with van der Waals surface area (Å²) in [5, 5.41) is 8.63.